The fourth-order valence-corrected chi connectivity index (χ4v) is 12.2. The van der Waals surface area contributed by atoms with Crippen molar-refractivity contribution in [2.45, 2.75) is 19.3 Å². The highest BCUT2D eigenvalue weighted by Gasteiger charge is 2.43. The van der Waals surface area contributed by atoms with Crippen molar-refractivity contribution in [1.29, 1.82) is 0 Å². The van der Waals surface area contributed by atoms with Gasteiger partial charge in [-0.05, 0) is 61.2 Å². The van der Waals surface area contributed by atoms with E-state index < -0.39 is 8.07 Å². The Bertz CT molecular complexity index is 2040. The zero-order valence-corrected chi connectivity index (χ0v) is 26.0. The van der Waals surface area contributed by atoms with Crippen molar-refractivity contribution >= 4 is 39.7 Å². The summed E-state index contributed by atoms with van der Waals surface area (Å²) in [6.45, 7) is 4.77. The fourth-order valence-electron chi connectivity index (χ4n) is 7.42. The summed E-state index contributed by atoms with van der Waals surface area (Å²) >= 11 is 0. The quantitative estimate of drug-likeness (QED) is 0.151. The lowest BCUT2D eigenvalue weighted by Gasteiger charge is -2.35. The van der Waals surface area contributed by atoms with Crippen molar-refractivity contribution < 1.29 is 0 Å². The van der Waals surface area contributed by atoms with E-state index in [1.54, 1.807) is 0 Å². The molecule has 0 aliphatic heterocycles. The Morgan fingerprint density at radius 2 is 0.977 bits per heavy atom. The number of benzene rings is 6. The average molecular weight is 580 g/mol. The molecule has 44 heavy (non-hydrogen) atoms. The lowest BCUT2D eigenvalue weighted by molar-refractivity contribution is 0.661. The molecule has 0 atom stereocenters. The molecule has 1 aliphatic rings. The van der Waals surface area contributed by atoms with Gasteiger partial charge in [-0.3, -0.25) is 0 Å². The standard InChI is InChI=1S/C42H33NSi/c1-42(2)38-28-31(41-27-23-30-14-12-13-21-40(30)43-41)22-25-36(38)37-26-24-35(29-39(37)42)44(32-15-6-3-7-16-32,33-17-8-4-9-18-33)34-19-10-5-11-20-34/h3-29H,1-2H3. The number of hydrogen-bond acceptors (Lipinski definition) is 1. The summed E-state index contributed by atoms with van der Waals surface area (Å²) in [6, 6.07) is 60.5. The van der Waals surface area contributed by atoms with Crippen LogP contribution in [0.1, 0.15) is 25.0 Å². The van der Waals surface area contributed by atoms with Gasteiger partial charge in [0.1, 0.15) is 0 Å². The summed E-state index contributed by atoms with van der Waals surface area (Å²) in [5.74, 6) is 0. The minimum atomic E-state index is -2.61. The Morgan fingerprint density at radius 3 is 1.59 bits per heavy atom. The molecular formula is C42H33NSi. The van der Waals surface area contributed by atoms with Crippen LogP contribution in [0.15, 0.2) is 164 Å². The largest absolute Gasteiger partial charge is 0.248 e. The second kappa shape index (κ2) is 10.3. The molecule has 0 amide bonds. The predicted molar refractivity (Wildman–Crippen MR) is 188 cm³/mol. The van der Waals surface area contributed by atoms with E-state index in [0.29, 0.717) is 0 Å². The third-order valence-electron chi connectivity index (χ3n) is 9.62. The molecule has 0 spiro atoms. The maximum absolute atomic E-state index is 5.02. The Hall–Kier alpha value is -5.05. The number of nitrogens with zero attached hydrogens (tertiary/aromatic N) is 1. The molecular weight excluding hydrogens is 547 g/mol. The first-order chi connectivity index (χ1) is 21.6. The normalized spacial score (nSPS) is 13.4. The molecule has 1 aromatic heterocycles. The van der Waals surface area contributed by atoms with Gasteiger partial charge in [0.15, 0.2) is 8.07 Å². The van der Waals surface area contributed by atoms with Crippen LogP contribution in [0.3, 0.4) is 0 Å². The van der Waals surface area contributed by atoms with Gasteiger partial charge in [0.05, 0.1) is 11.2 Å². The van der Waals surface area contributed by atoms with Crippen LogP contribution in [-0.4, -0.2) is 13.1 Å². The molecule has 1 heterocycles. The minimum absolute atomic E-state index is 0.155. The van der Waals surface area contributed by atoms with Crippen molar-refractivity contribution in [3.63, 3.8) is 0 Å². The van der Waals surface area contributed by atoms with Gasteiger partial charge in [-0.25, -0.2) is 4.98 Å². The Morgan fingerprint density at radius 1 is 0.455 bits per heavy atom. The van der Waals surface area contributed by atoms with E-state index in [1.165, 1.54) is 48.4 Å². The average Bonchev–Trinajstić information content (AvgIpc) is 3.31. The van der Waals surface area contributed by atoms with Gasteiger partial charge in [-0.15, -0.1) is 0 Å². The Kier molecular flexibility index (Phi) is 6.21. The molecule has 2 heteroatoms. The van der Waals surface area contributed by atoms with Crippen molar-refractivity contribution in [2.24, 2.45) is 0 Å². The highest BCUT2D eigenvalue weighted by Crippen LogP contribution is 2.49. The highest BCUT2D eigenvalue weighted by atomic mass is 28.3. The maximum Gasteiger partial charge on any atom is 0.179 e. The molecule has 0 fully saturated rings. The van der Waals surface area contributed by atoms with Gasteiger partial charge in [-0.2, -0.15) is 0 Å². The topological polar surface area (TPSA) is 12.9 Å². The van der Waals surface area contributed by atoms with Crippen LogP contribution in [0, 0.1) is 0 Å². The summed E-state index contributed by atoms with van der Waals surface area (Å²) in [5, 5.41) is 6.78. The number of pyridine rings is 1. The Labute approximate surface area is 260 Å². The molecule has 0 bridgehead atoms. The maximum atomic E-state index is 5.02. The summed E-state index contributed by atoms with van der Waals surface area (Å²) in [6.07, 6.45) is 0. The molecule has 7 aromatic rings. The lowest BCUT2D eigenvalue weighted by Crippen LogP contribution is -2.74. The molecule has 8 rings (SSSR count). The number of fused-ring (bicyclic) bond motifs is 4. The lowest BCUT2D eigenvalue weighted by atomic mass is 9.82. The summed E-state index contributed by atoms with van der Waals surface area (Å²) in [4.78, 5) is 5.02. The van der Waals surface area contributed by atoms with E-state index in [1.807, 2.05) is 0 Å². The number of aromatic nitrogens is 1. The van der Waals surface area contributed by atoms with E-state index in [9.17, 15) is 0 Å². The minimum Gasteiger partial charge on any atom is -0.248 e. The first kappa shape index (κ1) is 26.6. The number of hydrogen-bond donors (Lipinski definition) is 0. The van der Waals surface area contributed by atoms with Crippen molar-refractivity contribution in [2.75, 3.05) is 0 Å². The van der Waals surface area contributed by atoms with Gasteiger partial charge in [0, 0.05) is 16.4 Å². The molecule has 0 radical (unpaired) electrons. The molecule has 0 N–H and O–H groups in total. The highest BCUT2D eigenvalue weighted by molar-refractivity contribution is 7.19. The van der Waals surface area contributed by atoms with Gasteiger partial charge in [0.25, 0.3) is 0 Å². The molecule has 0 saturated carbocycles. The molecule has 210 valence electrons. The second-order valence-corrected chi connectivity index (χ2v) is 16.2. The third-order valence-corrected chi connectivity index (χ3v) is 14.4. The number of rotatable bonds is 5. The van der Waals surface area contributed by atoms with Gasteiger partial charge >= 0.3 is 0 Å². The van der Waals surface area contributed by atoms with Gasteiger partial charge in [-0.1, -0.05) is 159 Å². The molecule has 0 unspecified atom stereocenters. The van der Waals surface area contributed by atoms with Crippen LogP contribution in [0.5, 0.6) is 0 Å². The van der Waals surface area contributed by atoms with E-state index in [4.69, 9.17) is 4.98 Å². The number of para-hydroxylation sites is 1. The van der Waals surface area contributed by atoms with Gasteiger partial charge in [0.2, 0.25) is 0 Å². The van der Waals surface area contributed by atoms with Gasteiger partial charge < -0.3 is 0 Å². The van der Waals surface area contributed by atoms with Crippen LogP contribution in [0.2, 0.25) is 0 Å². The van der Waals surface area contributed by atoms with E-state index >= 15 is 0 Å². The Balaban J connectivity index is 1.32. The van der Waals surface area contributed by atoms with Crippen LogP contribution < -0.4 is 20.7 Å². The summed E-state index contributed by atoms with van der Waals surface area (Å²) in [7, 11) is -2.61. The molecule has 0 saturated heterocycles. The SMILES string of the molecule is CC1(C)c2cc(-c3ccc4ccccc4n3)ccc2-c2ccc([Si](c3ccccc3)(c3ccccc3)c3ccccc3)cc21. The second-order valence-electron chi connectivity index (χ2n) is 12.4. The van der Waals surface area contributed by atoms with Crippen LogP contribution in [0.25, 0.3) is 33.3 Å². The smallest absolute Gasteiger partial charge is 0.179 e. The summed E-state index contributed by atoms with van der Waals surface area (Å²) < 4.78 is 0. The zero-order chi connectivity index (χ0) is 29.7. The first-order valence-electron chi connectivity index (χ1n) is 15.4. The van der Waals surface area contributed by atoms with Crippen molar-refractivity contribution in [1.82, 2.24) is 4.98 Å². The molecule has 1 nitrogen and oxygen atoms in total. The fraction of sp³-hybridized carbons (Fsp3) is 0.0714. The molecule has 1 aliphatic carbocycles. The molecule has 6 aromatic carbocycles. The first-order valence-corrected chi connectivity index (χ1v) is 17.4. The van der Waals surface area contributed by atoms with Crippen LogP contribution >= 0.6 is 0 Å². The van der Waals surface area contributed by atoms with Crippen molar-refractivity contribution in [3.8, 4) is 22.4 Å². The van der Waals surface area contributed by atoms with E-state index in [0.717, 1.165) is 16.8 Å². The van der Waals surface area contributed by atoms with E-state index in [-0.39, 0.29) is 5.41 Å². The van der Waals surface area contributed by atoms with Crippen LogP contribution in [-0.2, 0) is 5.41 Å². The third kappa shape index (κ3) is 4.02. The zero-order valence-electron chi connectivity index (χ0n) is 25.0. The summed E-state index contributed by atoms with van der Waals surface area (Å²) in [5.41, 5.74) is 8.48. The van der Waals surface area contributed by atoms with E-state index in [2.05, 4.69) is 178 Å². The van der Waals surface area contributed by atoms with Crippen LogP contribution in [0.4, 0.5) is 0 Å². The monoisotopic (exact) mass is 579 g/mol. The van der Waals surface area contributed by atoms with Crippen molar-refractivity contribution in [3.05, 3.63) is 175 Å². The predicted octanol–water partition coefficient (Wildman–Crippen LogP) is 7.59.